The SMILES string of the molecule is Nc1c(C(=O)c2ccccc2)cc(Cl)c(Cl)c1N. The van der Waals surface area contributed by atoms with E-state index in [1.807, 2.05) is 6.07 Å². The number of hydrogen-bond donors (Lipinski definition) is 2. The van der Waals surface area contributed by atoms with Gasteiger partial charge >= 0.3 is 0 Å². The zero-order chi connectivity index (χ0) is 13.3. The molecule has 0 aliphatic carbocycles. The molecule has 92 valence electrons. The fraction of sp³-hybridized carbons (Fsp3) is 0. The second-order valence-electron chi connectivity index (χ2n) is 3.74. The lowest BCUT2D eigenvalue weighted by atomic mass is 10.0. The van der Waals surface area contributed by atoms with Crippen LogP contribution in [0.4, 0.5) is 11.4 Å². The van der Waals surface area contributed by atoms with Gasteiger partial charge in [0, 0.05) is 11.1 Å². The first-order valence-corrected chi connectivity index (χ1v) is 5.90. The molecule has 0 unspecified atom stereocenters. The molecular formula is C13H10Cl2N2O. The summed E-state index contributed by atoms with van der Waals surface area (Å²) in [5.41, 5.74) is 12.6. The monoisotopic (exact) mass is 280 g/mol. The highest BCUT2D eigenvalue weighted by atomic mass is 35.5. The Morgan fingerprint density at radius 2 is 1.61 bits per heavy atom. The van der Waals surface area contributed by atoms with E-state index < -0.39 is 0 Å². The third kappa shape index (κ3) is 2.15. The smallest absolute Gasteiger partial charge is 0.195 e. The van der Waals surface area contributed by atoms with Crippen molar-refractivity contribution >= 4 is 40.4 Å². The van der Waals surface area contributed by atoms with Gasteiger partial charge in [-0.2, -0.15) is 0 Å². The molecule has 0 atom stereocenters. The largest absolute Gasteiger partial charge is 0.396 e. The van der Waals surface area contributed by atoms with Crippen molar-refractivity contribution in [2.75, 3.05) is 11.5 Å². The lowest BCUT2D eigenvalue weighted by molar-refractivity contribution is 0.103. The number of anilines is 2. The maximum atomic E-state index is 12.2. The van der Waals surface area contributed by atoms with E-state index in [1.165, 1.54) is 6.07 Å². The predicted octanol–water partition coefficient (Wildman–Crippen LogP) is 3.39. The topological polar surface area (TPSA) is 69.1 Å². The number of carbonyl (C=O) groups is 1. The molecule has 0 aliphatic heterocycles. The van der Waals surface area contributed by atoms with E-state index >= 15 is 0 Å². The molecule has 0 saturated carbocycles. The van der Waals surface area contributed by atoms with Crippen LogP contribution in [0.3, 0.4) is 0 Å². The molecule has 3 nitrogen and oxygen atoms in total. The summed E-state index contributed by atoms with van der Waals surface area (Å²) in [6.45, 7) is 0. The molecule has 0 heterocycles. The zero-order valence-electron chi connectivity index (χ0n) is 9.28. The van der Waals surface area contributed by atoms with Crippen LogP contribution >= 0.6 is 23.2 Å². The van der Waals surface area contributed by atoms with Crippen LogP contribution in [0, 0.1) is 0 Å². The van der Waals surface area contributed by atoms with Crippen molar-refractivity contribution in [2.45, 2.75) is 0 Å². The third-order valence-electron chi connectivity index (χ3n) is 2.58. The predicted molar refractivity (Wildman–Crippen MR) is 75.2 cm³/mol. The van der Waals surface area contributed by atoms with Crippen molar-refractivity contribution in [1.82, 2.24) is 0 Å². The van der Waals surface area contributed by atoms with E-state index in [0.29, 0.717) is 5.56 Å². The summed E-state index contributed by atoms with van der Waals surface area (Å²) in [6.07, 6.45) is 0. The molecule has 0 amide bonds. The Bertz CT molecular complexity index is 612. The van der Waals surface area contributed by atoms with Gasteiger partial charge in [-0.3, -0.25) is 4.79 Å². The molecule has 0 aliphatic rings. The summed E-state index contributed by atoms with van der Waals surface area (Å²) in [5.74, 6) is -0.238. The lowest BCUT2D eigenvalue weighted by Gasteiger charge is -2.10. The van der Waals surface area contributed by atoms with E-state index in [4.69, 9.17) is 34.7 Å². The van der Waals surface area contributed by atoms with Crippen LogP contribution in [-0.2, 0) is 0 Å². The fourth-order valence-corrected chi connectivity index (χ4v) is 1.96. The first-order valence-electron chi connectivity index (χ1n) is 5.15. The van der Waals surface area contributed by atoms with Crippen molar-refractivity contribution < 1.29 is 4.79 Å². The number of carbonyl (C=O) groups excluding carboxylic acids is 1. The van der Waals surface area contributed by atoms with Gasteiger partial charge in [0.25, 0.3) is 0 Å². The molecule has 2 aromatic carbocycles. The Morgan fingerprint density at radius 3 is 2.22 bits per heavy atom. The summed E-state index contributed by atoms with van der Waals surface area (Å²) in [4.78, 5) is 12.2. The fourth-order valence-electron chi connectivity index (χ4n) is 1.59. The highest BCUT2D eigenvalue weighted by molar-refractivity contribution is 6.44. The van der Waals surface area contributed by atoms with E-state index in [-0.39, 0.29) is 32.8 Å². The average Bonchev–Trinajstić information content (AvgIpc) is 2.41. The minimum absolute atomic E-state index is 0.128. The number of nitrogen functional groups attached to an aromatic ring is 2. The summed E-state index contributed by atoms with van der Waals surface area (Å²) < 4.78 is 0. The van der Waals surface area contributed by atoms with Gasteiger partial charge in [0.2, 0.25) is 0 Å². The van der Waals surface area contributed by atoms with Crippen molar-refractivity contribution in [1.29, 1.82) is 0 Å². The third-order valence-corrected chi connectivity index (χ3v) is 3.38. The number of nitrogens with two attached hydrogens (primary N) is 2. The Kier molecular flexibility index (Phi) is 3.45. The van der Waals surface area contributed by atoms with Crippen molar-refractivity contribution in [3.63, 3.8) is 0 Å². The van der Waals surface area contributed by atoms with E-state index in [2.05, 4.69) is 0 Å². The van der Waals surface area contributed by atoms with Crippen LogP contribution in [0.5, 0.6) is 0 Å². The van der Waals surface area contributed by atoms with Crippen LogP contribution in [-0.4, -0.2) is 5.78 Å². The van der Waals surface area contributed by atoms with Crippen molar-refractivity contribution in [2.24, 2.45) is 0 Å². The molecule has 4 N–H and O–H groups in total. The van der Waals surface area contributed by atoms with E-state index in [9.17, 15) is 4.79 Å². The van der Waals surface area contributed by atoms with Gasteiger partial charge in [-0.25, -0.2) is 0 Å². The second kappa shape index (κ2) is 4.88. The molecule has 0 spiro atoms. The second-order valence-corrected chi connectivity index (χ2v) is 4.53. The summed E-state index contributed by atoms with van der Waals surface area (Å²) in [6, 6.07) is 10.2. The van der Waals surface area contributed by atoms with Crippen molar-refractivity contribution in [3.8, 4) is 0 Å². The minimum Gasteiger partial charge on any atom is -0.396 e. The minimum atomic E-state index is -0.238. The van der Waals surface area contributed by atoms with Gasteiger partial charge < -0.3 is 11.5 Å². The summed E-state index contributed by atoms with van der Waals surface area (Å²) in [5, 5.41) is 0.376. The van der Waals surface area contributed by atoms with Crippen molar-refractivity contribution in [3.05, 3.63) is 57.6 Å². The molecule has 18 heavy (non-hydrogen) atoms. The summed E-state index contributed by atoms with van der Waals surface area (Å²) >= 11 is 11.8. The van der Waals surface area contributed by atoms with E-state index in [0.717, 1.165) is 0 Å². The Labute approximate surface area is 114 Å². The molecule has 2 rings (SSSR count). The first kappa shape index (κ1) is 12.7. The Hall–Kier alpha value is -1.71. The van der Waals surface area contributed by atoms with Gasteiger partial charge in [0.05, 0.1) is 21.4 Å². The van der Waals surface area contributed by atoms with E-state index in [1.54, 1.807) is 24.3 Å². The zero-order valence-corrected chi connectivity index (χ0v) is 10.8. The van der Waals surface area contributed by atoms with Gasteiger partial charge in [-0.05, 0) is 6.07 Å². The molecule has 0 saturated heterocycles. The van der Waals surface area contributed by atoms with Gasteiger partial charge in [-0.15, -0.1) is 0 Å². The molecular weight excluding hydrogens is 271 g/mol. The molecule has 5 heteroatoms. The molecule has 0 radical (unpaired) electrons. The lowest BCUT2D eigenvalue weighted by Crippen LogP contribution is -2.08. The van der Waals surface area contributed by atoms with Crippen LogP contribution in [0.25, 0.3) is 0 Å². The number of hydrogen-bond acceptors (Lipinski definition) is 3. The van der Waals surface area contributed by atoms with Crippen LogP contribution in [0.15, 0.2) is 36.4 Å². The number of ketones is 1. The highest BCUT2D eigenvalue weighted by Gasteiger charge is 2.18. The summed E-state index contributed by atoms with van der Waals surface area (Å²) in [7, 11) is 0. The van der Waals surface area contributed by atoms with Gasteiger partial charge in [0.1, 0.15) is 0 Å². The normalized spacial score (nSPS) is 10.3. The van der Waals surface area contributed by atoms with Gasteiger partial charge in [0.15, 0.2) is 5.78 Å². The quantitative estimate of drug-likeness (QED) is 0.654. The van der Waals surface area contributed by atoms with Gasteiger partial charge in [-0.1, -0.05) is 53.5 Å². The Balaban J connectivity index is 2.56. The molecule has 2 aromatic rings. The number of benzene rings is 2. The average molecular weight is 281 g/mol. The highest BCUT2D eigenvalue weighted by Crippen LogP contribution is 2.36. The Morgan fingerprint density at radius 1 is 1.00 bits per heavy atom. The first-order chi connectivity index (χ1) is 8.52. The maximum Gasteiger partial charge on any atom is 0.195 e. The molecule has 0 aromatic heterocycles. The standard InChI is InChI=1S/C13H10Cl2N2O/c14-9-6-8(11(16)12(17)10(9)15)13(18)7-4-2-1-3-5-7/h1-6H,16-17H2. The number of halogens is 2. The van der Waals surface area contributed by atoms with Crippen LogP contribution in [0.1, 0.15) is 15.9 Å². The maximum absolute atomic E-state index is 12.2. The van der Waals surface area contributed by atoms with Crippen LogP contribution < -0.4 is 11.5 Å². The molecule has 0 fully saturated rings. The molecule has 0 bridgehead atoms. The van der Waals surface area contributed by atoms with Crippen LogP contribution in [0.2, 0.25) is 10.0 Å². The number of rotatable bonds is 2.